The van der Waals surface area contributed by atoms with Crippen molar-refractivity contribution in [2.45, 2.75) is 19.6 Å². The summed E-state index contributed by atoms with van der Waals surface area (Å²) in [4.78, 5) is 0. The van der Waals surface area contributed by atoms with Crippen molar-refractivity contribution >= 4 is 6.08 Å². The molecule has 2 nitrogen and oxygen atoms in total. The second-order valence-corrected chi connectivity index (χ2v) is 3.27. The van der Waals surface area contributed by atoms with Gasteiger partial charge in [-0.2, -0.15) is 0 Å². The molecule has 0 aliphatic rings. The van der Waals surface area contributed by atoms with Crippen LogP contribution in [0.15, 0.2) is 30.3 Å². The summed E-state index contributed by atoms with van der Waals surface area (Å²) in [5.41, 5.74) is 2.24. The molecule has 1 rings (SSSR count). The van der Waals surface area contributed by atoms with E-state index >= 15 is 0 Å². The van der Waals surface area contributed by atoms with Gasteiger partial charge < -0.3 is 9.84 Å². The quantitative estimate of drug-likeness (QED) is 0.792. The lowest BCUT2D eigenvalue weighted by Crippen LogP contribution is -1.91. The molecule has 1 N–H and O–H groups in total. The molecule has 1 aromatic carbocycles. The van der Waals surface area contributed by atoms with Gasteiger partial charge >= 0.3 is 0 Å². The van der Waals surface area contributed by atoms with E-state index in [0.29, 0.717) is 6.61 Å². The van der Waals surface area contributed by atoms with Crippen LogP contribution in [-0.2, 0) is 11.3 Å². The zero-order valence-corrected chi connectivity index (χ0v) is 8.60. The lowest BCUT2D eigenvalue weighted by molar-refractivity contribution is 0.185. The maximum Gasteiger partial charge on any atom is 0.0713 e. The van der Waals surface area contributed by atoms with Crippen LogP contribution in [0, 0.1) is 0 Å². The average Bonchev–Trinajstić information content (AvgIpc) is 2.17. The van der Waals surface area contributed by atoms with Crippen LogP contribution in [0.2, 0.25) is 0 Å². The van der Waals surface area contributed by atoms with Gasteiger partial charge in [0.05, 0.1) is 12.7 Å². The number of aliphatic hydroxyl groups excluding tert-OH is 1. The standard InChI is InChI=1S/C12H16O2/c1-10(13)3-4-11-5-7-12(8-6-11)9-14-2/h3-8,10,13H,9H2,1-2H3/b4-3+. The van der Waals surface area contributed by atoms with E-state index in [9.17, 15) is 0 Å². The number of rotatable bonds is 4. The summed E-state index contributed by atoms with van der Waals surface area (Å²) < 4.78 is 5.01. The van der Waals surface area contributed by atoms with Crippen LogP contribution in [0.25, 0.3) is 6.08 Å². The van der Waals surface area contributed by atoms with E-state index in [4.69, 9.17) is 9.84 Å². The highest BCUT2D eigenvalue weighted by atomic mass is 16.5. The topological polar surface area (TPSA) is 29.5 Å². The minimum Gasteiger partial charge on any atom is -0.389 e. The minimum absolute atomic E-state index is 0.395. The minimum atomic E-state index is -0.395. The van der Waals surface area contributed by atoms with Crippen LogP contribution in [0.1, 0.15) is 18.1 Å². The Labute approximate surface area is 84.8 Å². The van der Waals surface area contributed by atoms with Crippen LogP contribution in [-0.4, -0.2) is 18.3 Å². The number of ether oxygens (including phenoxy) is 1. The first-order valence-corrected chi connectivity index (χ1v) is 4.66. The van der Waals surface area contributed by atoms with Crippen molar-refractivity contribution in [3.05, 3.63) is 41.5 Å². The normalized spacial score (nSPS) is 13.4. The summed E-state index contributed by atoms with van der Waals surface area (Å²) in [6.45, 7) is 2.37. The molecule has 1 unspecified atom stereocenters. The maximum absolute atomic E-state index is 9.05. The molecule has 0 saturated carbocycles. The predicted molar refractivity (Wildman–Crippen MR) is 57.9 cm³/mol. The number of hydrogen-bond acceptors (Lipinski definition) is 2. The Morgan fingerprint density at radius 3 is 2.50 bits per heavy atom. The van der Waals surface area contributed by atoms with E-state index in [1.54, 1.807) is 20.1 Å². The van der Waals surface area contributed by atoms with E-state index < -0.39 is 6.10 Å². The summed E-state index contributed by atoms with van der Waals surface area (Å²) in [5.74, 6) is 0. The van der Waals surface area contributed by atoms with Crippen molar-refractivity contribution in [3.8, 4) is 0 Å². The molecule has 0 aromatic heterocycles. The molecule has 1 atom stereocenters. The van der Waals surface area contributed by atoms with Crippen molar-refractivity contribution in [3.63, 3.8) is 0 Å². The molecule has 2 heteroatoms. The zero-order chi connectivity index (χ0) is 10.4. The Morgan fingerprint density at radius 2 is 2.00 bits per heavy atom. The monoisotopic (exact) mass is 192 g/mol. The van der Waals surface area contributed by atoms with Crippen LogP contribution < -0.4 is 0 Å². The third-order valence-corrected chi connectivity index (χ3v) is 1.86. The second-order valence-electron chi connectivity index (χ2n) is 3.27. The summed E-state index contributed by atoms with van der Waals surface area (Å²) in [7, 11) is 1.68. The Morgan fingerprint density at radius 1 is 1.36 bits per heavy atom. The molecule has 0 spiro atoms. The van der Waals surface area contributed by atoms with Crippen LogP contribution in [0.3, 0.4) is 0 Å². The highest BCUT2D eigenvalue weighted by Gasteiger charge is 1.91. The molecule has 0 bridgehead atoms. The molecular formula is C12H16O2. The first kappa shape index (κ1) is 11.0. The molecule has 0 radical (unpaired) electrons. The van der Waals surface area contributed by atoms with E-state index in [2.05, 4.69) is 0 Å². The largest absolute Gasteiger partial charge is 0.389 e. The second kappa shape index (κ2) is 5.58. The van der Waals surface area contributed by atoms with Crippen molar-refractivity contribution in [1.82, 2.24) is 0 Å². The van der Waals surface area contributed by atoms with Gasteiger partial charge in [-0.15, -0.1) is 0 Å². The molecule has 14 heavy (non-hydrogen) atoms. The lowest BCUT2D eigenvalue weighted by Gasteiger charge is -2.00. The number of aliphatic hydroxyl groups is 1. The molecule has 0 aliphatic carbocycles. The van der Waals surface area contributed by atoms with Crippen LogP contribution in [0.4, 0.5) is 0 Å². The maximum atomic E-state index is 9.05. The molecule has 1 aromatic rings. The fraction of sp³-hybridized carbons (Fsp3) is 0.333. The Kier molecular flexibility index (Phi) is 4.36. The summed E-state index contributed by atoms with van der Waals surface area (Å²) in [5, 5.41) is 9.05. The third kappa shape index (κ3) is 3.73. The average molecular weight is 192 g/mol. The van der Waals surface area contributed by atoms with Crippen molar-refractivity contribution in [1.29, 1.82) is 0 Å². The van der Waals surface area contributed by atoms with Crippen LogP contribution in [0.5, 0.6) is 0 Å². The van der Waals surface area contributed by atoms with Crippen molar-refractivity contribution in [2.75, 3.05) is 7.11 Å². The van der Waals surface area contributed by atoms with Gasteiger partial charge in [0.25, 0.3) is 0 Å². The molecule has 0 amide bonds. The number of benzene rings is 1. The summed E-state index contributed by atoms with van der Waals surface area (Å²) >= 11 is 0. The van der Waals surface area contributed by atoms with Gasteiger partial charge in [-0.25, -0.2) is 0 Å². The van der Waals surface area contributed by atoms with Gasteiger partial charge in [0.15, 0.2) is 0 Å². The predicted octanol–water partition coefficient (Wildman–Crippen LogP) is 2.23. The van der Waals surface area contributed by atoms with Gasteiger partial charge in [-0.05, 0) is 18.1 Å². The van der Waals surface area contributed by atoms with E-state index in [1.165, 1.54) is 0 Å². The van der Waals surface area contributed by atoms with E-state index in [1.807, 2.05) is 30.3 Å². The molecule has 0 aliphatic heterocycles. The van der Waals surface area contributed by atoms with Crippen molar-refractivity contribution < 1.29 is 9.84 Å². The van der Waals surface area contributed by atoms with Gasteiger partial charge in [-0.1, -0.05) is 36.4 Å². The van der Waals surface area contributed by atoms with Gasteiger partial charge in [-0.3, -0.25) is 0 Å². The highest BCUT2D eigenvalue weighted by molar-refractivity contribution is 5.50. The first-order valence-electron chi connectivity index (χ1n) is 4.66. The van der Waals surface area contributed by atoms with Gasteiger partial charge in [0, 0.05) is 7.11 Å². The molecule has 0 saturated heterocycles. The van der Waals surface area contributed by atoms with Crippen LogP contribution >= 0.6 is 0 Å². The Bertz CT molecular complexity index is 286. The number of methoxy groups -OCH3 is 1. The highest BCUT2D eigenvalue weighted by Crippen LogP contribution is 2.07. The smallest absolute Gasteiger partial charge is 0.0713 e. The molecule has 0 fully saturated rings. The third-order valence-electron chi connectivity index (χ3n) is 1.86. The van der Waals surface area contributed by atoms with Crippen molar-refractivity contribution in [2.24, 2.45) is 0 Å². The van der Waals surface area contributed by atoms with Gasteiger partial charge in [0.2, 0.25) is 0 Å². The first-order chi connectivity index (χ1) is 6.72. The fourth-order valence-corrected chi connectivity index (χ4v) is 1.14. The molecule has 76 valence electrons. The Balaban J connectivity index is 2.64. The molecule has 0 heterocycles. The fourth-order valence-electron chi connectivity index (χ4n) is 1.14. The van der Waals surface area contributed by atoms with E-state index in [-0.39, 0.29) is 0 Å². The summed E-state index contributed by atoms with van der Waals surface area (Å²) in [6, 6.07) is 8.05. The molecular weight excluding hydrogens is 176 g/mol. The summed E-state index contributed by atoms with van der Waals surface area (Å²) in [6.07, 6.45) is 3.26. The SMILES string of the molecule is COCc1ccc(/C=C/C(C)O)cc1. The number of hydrogen-bond donors (Lipinski definition) is 1. The lowest BCUT2D eigenvalue weighted by atomic mass is 10.1. The Hall–Kier alpha value is -1.12. The zero-order valence-electron chi connectivity index (χ0n) is 8.60. The van der Waals surface area contributed by atoms with Gasteiger partial charge in [0.1, 0.15) is 0 Å². The van der Waals surface area contributed by atoms with E-state index in [0.717, 1.165) is 11.1 Å².